The summed E-state index contributed by atoms with van der Waals surface area (Å²) >= 11 is 0. The van der Waals surface area contributed by atoms with Gasteiger partial charge in [0, 0.05) is 13.5 Å². The topological polar surface area (TPSA) is 18.5 Å². The minimum Gasteiger partial charge on any atom is -0.497 e. The second-order valence-electron chi connectivity index (χ2n) is 5.66. The molecule has 0 aliphatic heterocycles. The average molecular weight is 252 g/mol. The summed E-state index contributed by atoms with van der Waals surface area (Å²) < 4.78 is 11.5. The molecule has 0 aromatic rings. The lowest BCUT2D eigenvalue weighted by Gasteiger charge is -2.40. The molecule has 18 heavy (non-hydrogen) atoms. The van der Waals surface area contributed by atoms with Crippen molar-refractivity contribution in [1.82, 2.24) is 0 Å². The fourth-order valence-corrected chi connectivity index (χ4v) is 3.04. The maximum Gasteiger partial charge on any atom is 0.120 e. The smallest absolute Gasteiger partial charge is 0.120 e. The van der Waals surface area contributed by atoms with Gasteiger partial charge in [0.2, 0.25) is 0 Å². The van der Waals surface area contributed by atoms with Gasteiger partial charge in [0.15, 0.2) is 0 Å². The zero-order chi connectivity index (χ0) is 13.9. The van der Waals surface area contributed by atoms with Crippen molar-refractivity contribution in [3.63, 3.8) is 0 Å². The largest absolute Gasteiger partial charge is 0.497 e. The van der Waals surface area contributed by atoms with Gasteiger partial charge < -0.3 is 9.47 Å². The van der Waals surface area contributed by atoms with E-state index < -0.39 is 0 Å². The first kappa shape index (κ1) is 15.3. The fourth-order valence-electron chi connectivity index (χ4n) is 3.04. The van der Waals surface area contributed by atoms with Crippen LogP contribution in [-0.2, 0) is 9.47 Å². The van der Waals surface area contributed by atoms with Crippen LogP contribution in [0.5, 0.6) is 0 Å². The Morgan fingerprint density at radius 1 is 1.22 bits per heavy atom. The average Bonchev–Trinajstić information content (AvgIpc) is 2.36. The molecule has 2 unspecified atom stereocenters. The van der Waals surface area contributed by atoms with Crippen molar-refractivity contribution in [2.24, 2.45) is 5.92 Å². The SMILES string of the molecule is CCC(C)CC1(OC)CC(C)=C(OC)C(C)=C1C. The van der Waals surface area contributed by atoms with E-state index in [1.165, 1.54) is 23.1 Å². The van der Waals surface area contributed by atoms with E-state index in [4.69, 9.17) is 9.47 Å². The van der Waals surface area contributed by atoms with Crippen molar-refractivity contribution in [2.45, 2.75) is 59.5 Å². The highest BCUT2D eigenvalue weighted by Crippen LogP contribution is 2.43. The molecular weight excluding hydrogens is 224 g/mol. The minimum atomic E-state index is -0.133. The monoisotopic (exact) mass is 252 g/mol. The molecule has 2 heteroatoms. The quantitative estimate of drug-likeness (QED) is 0.719. The Bertz CT molecular complexity index is 365. The van der Waals surface area contributed by atoms with Crippen molar-refractivity contribution < 1.29 is 9.47 Å². The van der Waals surface area contributed by atoms with Gasteiger partial charge in [0.05, 0.1) is 12.7 Å². The van der Waals surface area contributed by atoms with Gasteiger partial charge in [0.1, 0.15) is 5.76 Å². The predicted octanol–water partition coefficient (Wildman–Crippen LogP) is 4.47. The molecule has 2 nitrogen and oxygen atoms in total. The molecule has 0 amide bonds. The van der Waals surface area contributed by atoms with Crippen LogP contribution in [0.25, 0.3) is 0 Å². The molecule has 0 bridgehead atoms. The molecule has 0 N–H and O–H groups in total. The van der Waals surface area contributed by atoms with E-state index in [1.54, 1.807) is 7.11 Å². The van der Waals surface area contributed by atoms with Crippen molar-refractivity contribution in [3.05, 3.63) is 22.5 Å². The molecule has 0 radical (unpaired) electrons. The summed E-state index contributed by atoms with van der Waals surface area (Å²) in [7, 11) is 3.59. The molecule has 0 fully saturated rings. The fraction of sp³-hybridized carbons (Fsp3) is 0.750. The van der Waals surface area contributed by atoms with Crippen LogP contribution in [-0.4, -0.2) is 19.8 Å². The number of allylic oxidation sites excluding steroid dienone is 1. The standard InChI is InChI=1S/C16H28O2/c1-8-11(2)9-16(18-7)10-12(3)15(17-6)13(4)14(16)5/h11H,8-10H2,1-7H3. The molecule has 0 spiro atoms. The molecule has 104 valence electrons. The van der Waals surface area contributed by atoms with E-state index in [0.717, 1.165) is 18.6 Å². The van der Waals surface area contributed by atoms with Crippen LogP contribution in [0.2, 0.25) is 0 Å². The Hall–Kier alpha value is -0.760. The highest BCUT2D eigenvalue weighted by atomic mass is 16.5. The van der Waals surface area contributed by atoms with E-state index in [0.29, 0.717) is 5.92 Å². The zero-order valence-corrected chi connectivity index (χ0v) is 13.0. The number of hydrogen-bond donors (Lipinski definition) is 0. The van der Waals surface area contributed by atoms with Gasteiger partial charge in [-0.15, -0.1) is 0 Å². The molecule has 1 rings (SSSR count). The maximum absolute atomic E-state index is 5.95. The van der Waals surface area contributed by atoms with Crippen LogP contribution >= 0.6 is 0 Å². The van der Waals surface area contributed by atoms with Gasteiger partial charge in [-0.05, 0) is 49.8 Å². The van der Waals surface area contributed by atoms with Crippen molar-refractivity contribution in [2.75, 3.05) is 14.2 Å². The summed E-state index contributed by atoms with van der Waals surface area (Å²) in [5.41, 5.74) is 3.73. The Balaban J connectivity index is 3.15. The van der Waals surface area contributed by atoms with Crippen LogP contribution < -0.4 is 0 Å². The van der Waals surface area contributed by atoms with Gasteiger partial charge in [-0.2, -0.15) is 0 Å². The summed E-state index contributed by atoms with van der Waals surface area (Å²) in [6, 6.07) is 0. The Morgan fingerprint density at radius 3 is 2.28 bits per heavy atom. The third-order valence-corrected chi connectivity index (χ3v) is 4.49. The summed E-state index contributed by atoms with van der Waals surface area (Å²) in [5, 5.41) is 0. The normalized spacial score (nSPS) is 26.6. The van der Waals surface area contributed by atoms with Crippen LogP contribution in [0, 0.1) is 5.92 Å². The van der Waals surface area contributed by atoms with Crippen molar-refractivity contribution >= 4 is 0 Å². The molecular formula is C16H28O2. The molecule has 2 atom stereocenters. The van der Waals surface area contributed by atoms with Crippen LogP contribution in [0.3, 0.4) is 0 Å². The molecule has 0 saturated carbocycles. The molecule has 0 heterocycles. The number of rotatable bonds is 5. The summed E-state index contributed by atoms with van der Waals surface area (Å²) in [6.45, 7) is 11.0. The van der Waals surface area contributed by atoms with Gasteiger partial charge in [-0.3, -0.25) is 0 Å². The van der Waals surface area contributed by atoms with E-state index in [2.05, 4.69) is 34.6 Å². The maximum atomic E-state index is 5.95. The highest BCUT2D eigenvalue weighted by Gasteiger charge is 2.39. The third kappa shape index (κ3) is 2.64. The molecule has 1 aliphatic rings. The van der Waals surface area contributed by atoms with E-state index in [-0.39, 0.29) is 5.60 Å². The van der Waals surface area contributed by atoms with E-state index in [9.17, 15) is 0 Å². The summed E-state index contributed by atoms with van der Waals surface area (Å²) in [4.78, 5) is 0. The molecule has 0 aromatic heterocycles. The Kier molecular flexibility index (Phi) is 5.03. The minimum absolute atomic E-state index is 0.133. The Morgan fingerprint density at radius 2 is 1.83 bits per heavy atom. The van der Waals surface area contributed by atoms with E-state index >= 15 is 0 Å². The first-order valence-electron chi connectivity index (χ1n) is 6.89. The van der Waals surface area contributed by atoms with Crippen LogP contribution in [0.1, 0.15) is 53.9 Å². The van der Waals surface area contributed by atoms with Crippen molar-refractivity contribution in [3.8, 4) is 0 Å². The van der Waals surface area contributed by atoms with Gasteiger partial charge in [0.25, 0.3) is 0 Å². The first-order chi connectivity index (χ1) is 8.41. The first-order valence-corrected chi connectivity index (χ1v) is 6.89. The lowest BCUT2D eigenvalue weighted by molar-refractivity contribution is -0.00114. The predicted molar refractivity (Wildman–Crippen MR) is 76.5 cm³/mol. The van der Waals surface area contributed by atoms with Crippen LogP contribution in [0.4, 0.5) is 0 Å². The molecule has 1 aliphatic carbocycles. The van der Waals surface area contributed by atoms with Crippen LogP contribution in [0.15, 0.2) is 22.5 Å². The van der Waals surface area contributed by atoms with Gasteiger partial charge in [-0.25, -0.2) is 0 Å². The lowest BCUT2D eigenvalue weighted by Crippen LogP contribution is -2.38. The zero-order valence-electron chi connectivity index (χ0n) is 13.0. The van der Waals surface area contributed by atoms with Gasteiger partial charge >= 0.3 is 0 Å². The second kappa shape index (κ2) is 5.92. The number of hydrogen-bond acceptors (Lipinski definition) is 2. The molecule has 0 saturated heterocycles. The second-order valence-corrected chi connectivity index (χ2v) is 5.66. The third-order valence-electron chi connectivity index (χ3n) is 4.49. The number of methoxy groups -OCH3 is 2. The summed E-state index contributed by atoms with van der Waals surface area (Å²) in [5.74, 6) is 1.72. The van der Waals surface area contributed by atoms with Crippen molar-refractivity contribution in [1.29, 1.82) is 0 Å². The Labute approximate surface area is 112 Å². The molecule has 0 aromatic carbocycles. The van der Waals surface area contributed by atoms with Gasteiger partial charge in [-0.1, -0.05) is 20.3 Å². The lowest BCUT2D eigenvalue weighted by atomic mass is 9.74. The highest BCUT2D eigenvalue weighted by molar-refractivity contribution is 5.42. The van der Waals surface area contributed by atoms with E-state index in [1.807, 2.05) is 7.11 Å². The summed E-state index contributed by atoms with van der Waals surface area (Å²) in [6.07, 6.45) is 3.22. The number of ether oxygens (including phenoxy) is 2.